The zero-order chi connectivity index (χ0) is 23.8. The highest BCUT2D eigenvalue weighted by Gasteiger charge is 2.13. The van der Waals surface area contributed by atoms with Gasteiger partial charge in [-0.15, -0.1) is 0 Å². The lowest BCUT2D eigenvalue weighted by Gasteiger charge is -2.07. The van der Waals surface area contributed by atoms with E-state index in [1.165, 1.54) is 20.3 Å². The Morgan fingerprint density at radius 2 is 1.97 bits per heavy atom. The summed E-state index contributed by atoms with van der Waals surface area (Å²) in [5.41, 5.74) is 8.25. The lowest BCUT2D eigenvalue weighted by atomic mass is 10.0. The van der Waals surface area contributed by atoms with Crippen molar-refractivity contribution in [3.8, 4) is 0 Å². The van der Waals surface area contributed by atoms with Crippen LogP contribution in [0.5, 0.6) is 0 Å². The molecule has 0 amide bonds. The number of nitrogens with one attached hydrogen (secondary N) is 2. The van der Waals surface area contributed by atoms with Gasteiger partial charge in [-0.05, 0) is 36.1 Å². The van der Waals surface area contributed by atoms with Crippen molar-refractivity contribution in [3.05, 3.63) is 75.3 Å². The van der Waals surface area contributed by atoms with Crippen LogP contribution in [0.4, 0.5) is 0 Å². The number of aromatic nitrogens is 3. The van der Waals surface area contributed by atoms with Crippen LogP contribution in [-0.2, 0) is 33.5 Å². The normalized spacial score (nSPS) is 12.2. The molecule has 0 bridgehead atoms. The molecule has 2 heterocycles. The van der Waals surface area contributed by atoms with Gasteiger partial charge in [-0.1, -0.05) is 19.1 Å². The third kappa shape index (κ3) is 6.07. The number of amidine groups is 1. The van der Waals surface area contributed by atoms with Crippen molar-refractivity contribution in [2.75, 3.05) is 20.8 Å². The number of carbonyl (C=O) groups is 1. The number of aromatic amines is 2. The molecule has 0 fully saturated rings. The average Bonchev–Trinajstić information content (AvgIpc) is 3.24. The summed E-state index contributed by atoms with van der Waals surface area (Å²) >= 11 is 0. The maximum Gasteiger partial charge on any atom is 0.344 e. The number of rotatable bonds is 9. The lowest BCUT2D eigenvalue weighted by molar-refractivity contribution is 0.0617. The number of carbonyl (C=O) groups excluding carboxylic acids is 1. The molecule has 2 aromatic heterocycles. The van der Waals surface area contributed by atoms with Crippen LogP contribution in [0.25, 0.3) is 11.0 Å². The van der Waals surface area contributed by atoms with Crippen LogP contribution >= 0.6 is 0 Å². The third-order valence-electron chi connectivity index (χ3n) is 4.93. The van der Waals surface area contributed by atoms with Gasteiger partial charge in [0.05, 0.1) is 24.7 Å². The molecule has 3 rings (SSSR count). The fourth-order valence-electron chi connectivity index (χ4n) is 3.17. The van der Waals surface area contributed by atoms with Gasteiger partial charge in [-0.2, -0.15) is 4.99 Å². The Morgan fingerprint density at radius 3 is 2.64 bits per heavy atom. The standard InChI is InChI=1S/C23H27N5O5/c1-4-17-26-20-19(21(29)27-17)16(13-25-20)10-7-14-5-8-15(9-6-14)22(30)33-18(11-12-31-2)28-23(24)32-3/h5-6,8-9,11,13H,4,7,10,12H2,1-3H3,(H2,24,28)(H2,25,26,27,29). The number of nitrogens with zero attached hydrogens (tertiary/aromatic N) is 2. The van der Waals surface area contributed by atoms with E-state index in [2.05, 4.69) is 19.9 Å². The second-order valence-electron chi connectivity index (χ2n) is 7.14. The monoisotopic (exact) mass is 453 g/mol. The van der Waals surface area contributed by atoms with Crippen LogP contribution in [0.3, 0.4) is 0 Å². The molecule has 10 nitrogen and oxygen atoms in total. The highest BCUT2D eigenvalue weighted by Crippen LogP contribution is 2.16. The summed E-state index contributed by atoms with van der Waals surface area (Å²) in [4.78, 5) is 39.1. The molecule has 0 saturated heterocycles. The maximum atomic E-state index is 12.5. The number of H-pyrrole nitrogens is 2. The SMILES string of the molecule is CCc1nc2[nH]cc(CCc3ccc(C(=O)OC(=CCOC)N=C(N)OC)cc3)c2c(=O)[nH]1. The molecular formula is C23H27N5O5. The van der Waals surface area contributed by atoms with E-state index >= 15 is 0 Å². The van der Waals surface area contributed by atoms with Crippen molar-refractivity contribution in [1.82, 2.24) is 15.0 Å². The number of methoxy groups -OCH3 is 2. The Kier molecular flexibility index (Phi) is 7.98. The Balaban J connectivity index is 1.67. The van der Waals surface area contributed by atoms with Crippen molar-refractivity contribution >= 4 is 23.0 Å². The summed E-state index contributed by atoms with van der Waals surface area (Å²) in [6.07, 6.45) is 5.28. The second-order valence-corrected chi connectivity index (χ2v) is 7.14. The molecule has 4 N–H and O–H groups in total. The molecule has 0 atom stereocenters. The molecule has 0 aliphatic carbocycles. The van der Waals surface area contributed by atoms with Gasteiger partial charge >= 0.3 is 5.97 Å². The number of nitrogens with two attached hydrogens (primary N) is 1. The van der Waals surface area contributed by atoms with E-state index in [4.69, 9.17) is 19.9 Å². The number of benzene rings is 1. The number of fused-ring (bicyclic) bond motifs is 1. The number of aliphatic imine (C=N–C) groups is 1. The first-order valence-corrected chi connectivity index (χ1v) is 10.4. The summed E-state index contributed by atoms with van der Waals surface area (Å²) in [6, 6.07) is 6.89. The molecule has 0 aliphatic heterocycles. The fourth-order valence-corrected chi connectivity index (χ4v) is 3.17. The quantitative estimate of drug-likeness (QED) is 0.195. The summed E-state index contributed by atoms with van der Waals surface area (Å²) in [5.74, 6) is 0.0476. The highest BCUT2D eigenvalue weighted by atomic mass is 16.6. The van der Waals surface area contributed by atoms with Gasteiger partial charge in [-0.25, -0.2) is 9.78 Å². The minimum atomic E-state index is -0.586. The minimum Gasteiger partial charge on any atom is -0.468 e. The molecule has 0 radical (unpaired) electrons. The molecule has 0 aliphatic rings. The predicted octanol–water partition coefficient (Wildman–Crippen LogP) is 2.20. The topological polar surface area (TPSA) is 145 Å². The Bertz CT molecular complexity index is 1220. The van der Waals surface area contributed by atoms with Crippen molar-refractivity contribution in [2.24, 2.45) is 10.7 Å². The molecule has 174 valence electrons. The van der Waals surface area contributed by atoms with Crippen LogP contribution in [0.1, 0.15) is 34.2 Å². The fraction of sp³-hybridized carbons (Fsp3) is 0.304. The van der Waals surface area contributed by atoms with Crippen molar-refractivity contribution in [1.29, 1.82) is 0 Å². The summed E-state index contributed by atoms with van der Waals surface area (Å²) in [6.45, 7) is 2.13. The Morgan fingerprint density at radius 1 is 1.21 bits per heavy atom. The first kappa shape index (κ1) is 23.7. The van der Waals surface area contributed by atoms with E-state index in [1.54, 1.807) is 12.1 Å². The number of hydrogen-bond acceptors (Lipinski definition) is 7. The largest absolute Gasteiger partial charge is 0.468 e. The maximum absolute atomic E-state index is 12.5. The van der Waals surface area contributed by atoms with Gasteiger partial charge in [0.25, 0.3) is 11.6 Å². The third-order valence-corrected chi connectivity index (χ3v) is 4.93. The summed E-state index contributed by atoms with van der Waals surface area (Å²) < 4.78 is 15.0. The van der Waals surface area contributed by atoms with E-state index in [-0.39, 0.29) is 24.1 Å². The number of ether oxygens (including phenoxy) is 3. The van der Waals surface area contributed by atoms with Crippen LogP contribution < -0.4 is 11.3 Å². The molecule has 1 aromatic carbocycles. The van der Waals surface area contributed by atoms with E-state index in [1.807, 2.05) is 25.3 Å². The van der Waals surface area contributed by atoms with Crippen LogP contribution in [0.15, 0.2) is 52.2 Å². The minimum absolute atomic E-state index is 0.0188. The first-order valence-electron chi connectivity index (χ1n) is 10.4. The van der Waals surface area contributed by atoms with E-state index in [9.17, 15) is 9.59 Å². The Hall–Kier alpha value is -3.92. The number of hydrogen-bond donors (Lipinski definition) is 3. The summed E-state index contributed by atoms with van der Waals surface area (Å²) in [7, 11) is 2.86. The molecule has 3 aromatic rings. The lowest BCUT2D eigenvalue weighted by Crippen LogP contribution is -2.15. The molecule has 0 spiro atoms. The second kappa shape index (κ2) is 11.1. The average molecular weight is 453 g/mol. The molecule has 33 heavy (non-hydrogen) atoms. The van der Waals surface area contributed by atoms with Crippen molar-refractivity contribution < 1.29 is 19.0 Å². The zero-order valence-corrected chi connectivity index (χ0v) is 18.8. The van der Waals surface area contributed by atoms with Gasteiger partial charge in [-0.3, -0.25) is 4.79 Å². The van der Waals surface area contributed by atoms with Crippen LogP contribution in [-0.4, -0.2) is 47.8 Å². The zero-order valence-electron chi connectivity index (χ0n) is 18.8. The number of aryl methyl sites for hydroxylation is 3. The molecule has 0 saturated carbocycles. The molecule has 10 heteroatoms. The van der Waals surface area contributed by atoms with Gasteiger partial charge in [0, 0.05) is 25.8 Å². The molecular weight excluding hydrogens is 426 g/mol. The van der Waals surface area contributed by atoms with Crippen LogP contribution in [0.2, 0.25) is 0 Å². The first-order chi connectivity index (χ1) is 15.9. The predicted molar refractivity (Wildman–Crippen MR) is 124 cm³/mol. The van der Waals surface area contributed by atoms with Gasteiger partial charge in [0.2, 0.25) is 5.88 Å². The van der Waals surface area contributed by atoms with Gasteiger partial charge in [0.15, 0.2) is 0 Å². The van der Waals surface area contributed by atoms with Crippen LogP contribution in [0, 0.1) is 0 Å². The summed E-state index contributed by atoms with van der Waals surface area (Å²) in [5, 5.41) is 0.582. The van der Waals surface area contributed by atoms with E-state index in [0.717, 1.165) is 11.1 Å². The van der Waals surface area contributed by atoms with E-state index in [0.29, 0.717) is 41.7 Å². The van der Waals surface area contributed by atoms with E-state index < -0.39 is 5.97 Å². The van der Waals surface area contributed by atoms with Crippen molar-refractivity contribution in [3.63, 3.8) is 0 Å². The Labute approximate surface area is 190 Å². The smallest absolute Gasteiger partial charge is 0.344 e. The highest BCUT2D eigenvalue weighted by molar-refractivity contribution is 5.90. The number of esters is 1. The molecule has 0 unspecified atom stereocenters. The van der Waals surface area contributed by atoms with Gasteiger partial charge < -0.3 is 29.9 Å². The van der Waals surface area contributed by atoms with Crippen molar-refractivity contribution in [2.45, 2.75) is 26.2 Å². The van der Waals surface area contributed by atoms with Gasteiger partial charge in [0.1, 0.15) is 11.5 Å².